The summed E-state index contributed by atoms with van der Waals surface area (Å²) in [6.45, 7) is 2.31. The molecule has 0 radical (unpaired) electrons. The molecule has 0 saturated heterocycles. The summed E-state index contributed by atoms with van der Waals surface area (Å²) in [5, 5.41) is 2.41. The molecular weight excluding hydrogens is 350 g/mol. The number of amides is 1. The van der Waals surface area contributed by atoms with Crippen molar-refractivity contribution in [3.63, 3.8) is 0 Å². The highest BCUT2D eigenvalue weighted by molar-refractivity contribution is 6.03. The molecule has 138 valence electrons. The van der Waals surface area contributed by atoms with Gasteiger partial charge in [0.1, 0.15) is 17.3 Å². The van der Waals surface area contributed by atoms with E-state index >= 15 is 0 Å². The van der Waals surface area contributed by atoms with Crippen molar-refractivity contribution < 1.29 is 13.6 Å². The van der Waals surface area contributed by atoms with E-state index in [0.29, 0.717) is 24.3 Å². The van der Waals surface area contributed by atoms with Gasteiger partial charge in [0.2, 0.25) is 5.95 Å². The number of carbonyl (C=O) groups is 1. The van der Waals surface area contributed by atoms with Crippen LogP contribution in [-0.4, -0.2) is 22.9 Å². The third-order valence-electron chi connectivity index (χ3n) is 3.86. The van der Waals surface area contributed by atoms with E-state index in [9.17, 15) is 13.6 Å². The fourth-order valence-electron chi connectivity index (χ4n) is 2.55. The molecule has 1 aromatic heterocycles. The molecular formula is C20H18F2N4O. The first-order chi connectivity index (χ1) is 12.9. The topological polar surface area (TPSA) is 58.1 Å². The van der Waals surface area contributed by atoms with Gasteiger partial charge >= 0.3 is 0 Å². The average Bonchev–Trinajstić information content (AvgIpc) is 2.64. The van der Waals surface area contributed by atoms with Crippen LogP contribution in [0.3, 0.4) is 0 Å². The Morgan fingerprint density at radius 1 is 1.07 bits per heavy atom. The molecule has 5 nitrogen and oxygen atoms in total. The number of hydrogen-bond acceptors (Lipinski definition) is 4. The smallest absolute Gasteiger partial charge is 0.274 e. The average molecular weight is 368 g/mol. The maximum absolute atomic E-state index is 13.8. The molecule has 7 heteroatoms. The molecule has 0 fully saturated rings. The highest BCUT2D eigenvalue weighted by atomic mass is 19.1. The molecule has 0 aliphatic carbocycles. The molecule has 3 rings (SSSR count). The van der Waals surface area contributed by atoms with Gasteiger partial charge in [-0.2, -0.15) is 0 Å². The van der Waals surface area contributed by atoms with Gasteiger partial charge in [-0.15, -0.1) is 0 Å². The Labute approximate surface area is 155 Å². The molecule has 0 saturated carbocycles. The number of nitrogens with one attached hydrogen (secondary N) is 1. The van der Waals surface area contributed by atoms with Crippen molar-refractivity contribution in [2.45, 2.75) is 13.5 Å². The summed E-state index contributed by atoms with van der Waals surface area (Å²) >= 11 is 0. The molecule has 1 heterocycles. The highest BCUT2D eigenvalue weighted by Crippen LogP contribution is 2.17. The minimum absolute atomic E-state index is 0.0983. The Balaban J connectivity index is 1.80. The van der Waals surface area contributed by atoms with E-state index in [0.717, 1.165) is 11.6 Å². The second kappa shape index (κ2) is 7.90. The summed E-state index contributed by atoms with van der Waals surface area (Å²) in [7, 11) is 1.82. The minimum Gasteiger partial charge on any atom is -0.340 e. The minimum atomic E-state index is -0.851. The second-order valence-corrected chi connectivity index (χ2v) is 6.11. The lowest BCUT2D eigenvalue weighted by Crippen LogP contribution is -2.22. The zero-order chi connectivity index (χ0) is 19.4. The number of carbonyl (C=O) groups excluding carboxylic acids is 1. The fraction of sp³-hybridized carbons (Fsp3) is 0.150. The van der Waals surface area contributed by atoms with E-state index in [1.54, 1.807) is 6.92 Å². The van der Waals surface area contributed by atoms with Crippen LogP contribution < -0.4 is 10.2 Å². The zero-order valence-electron chi connectivity index (χ0n) is 14.9. The Morgan fingerprint density at radius 2 is 1.81 bits per heavy atom. The Hall–Kier alpha value is -3.35. The number of hydrogen-bond donors (Lipinski definition) is 1. The van der Waals surface area contributed by atoms with E-state index in [1.807, 2.05) is 42.3 Å². The van der Waals surface area contributed by atoms with Crippen LogP contribution in [0.25, 0.3) is 0 Å². The molecule has 0 aliphatic rings. The van der Waals surface area contributed by atoms with Crippen molar-refractivity contribution in [1.82, 2.24) is 9.97 Å². The number of rotatable bonds is 5. The van der Waals surface area contributed by atoms with Crippen molar-refractivity contribution in [2.24, 2.45) is 0 Å². The fourth-order valence-corrected chi connectivity index (χ4v) is 2.55. The van der Waals surface area contributed by atoms with Crippen LogP contribution >= 0.6 is 0 Å². The SMILES string of the molecule is Cc1cc(C(=O)Nc2ccc(F)cc2F)nc(N(C)Cc2ccccc2)n1. The first-order valence-electron chi connectivity index (χ1n) is 8.29. The van der Waals surface area contributed by atoms with Gasteiger partial charge in [0.15, 0.2) is 0 Å². The summed E-state index contributed by atoms with van der Waals surface area (Å²) in [4.78, 5) is 22.9. The van der Waals surface area contributed by atoms with Gasteiger partial charge in [0.05, 0.1) is 5.69 Å². The third kappa shape index (κ3) is 4.63. The molecule has 2 aromatic carbocycles. The van der Waals surface area contributed by atoms with Crippen LogP contribution in [0, 0.1) is 18.6 Å². The number of anilines is 2. The summed E-state index contributed by atoms with van der Waals surface area (Å²) in [6, 6.07) is 14.2. The van der Waals surface area contributed by atoms with Crippen molar-refractivity contribution in [2.75, 3.05) is 17.3 Å². The molecule has 0 atom stereocenters. The molecule has 3 aromatic rings. The number of aromatic nitrogens is 2. The van der Waals surface area contributed by atoms with Crippen molar-refractivity contribution >= 4 is 17.5 Å². The number of halogens is 2. The van der Waals surface area contributed by atoms with Crippen LogP contribution in [-0.2, 0) is 6.54 Å². The maximum Gasteiger partial charge on any atom is 0.274 e. The summed E-state index contributed by atoms with van der Waals surface area (Å²) < 4.78 is 26.8. The van der Waals surface area contributed by atoms with Gasteiger partial charge in [-0.3, -0.25) is 4.79 Å². The molecule has 0 spiro atoms. The second-order valence-electron chi connectivity index (χ2n) is 6.11. The van der Waals surface area contributed by atoms with E-state index in [-0.39, 0.29) is 11.4 Å². The van der Waals surface area contributed by atoms with Crippen molar-refractivity contribution in [3.05, 3.63) is 83.2 Å². The van der Waals surface area contributed by atoms with Crippen molar-refractivity contribution in [3.8, 4) is 0 Å². The van der Waals surface area contributed by atoms with Gasteiger partial charge in [0, 0.05) is 25.4 Å². The normalized spacial score (nSPS) is 10.5. The quantitative estimate of drug-likeness (QED) is 0.741. The first-order valence-corrected chi connectivity index (χ1v) is 8.29. The predicted molar refractivity (Wildman–Crippen MR) is 99.6 cm³/mol. The van der Waals surface area contributed by atoms with Crippen molar-refractivity contribution in [1.29, 1.82) is 0 Å². The molecule has 0 bridgehead atoms. The Bertz CT molecular complexity index is 963. The summed E-state index contributed by atoms with van der Waals surface area (Å²) in [5.41, 5.74) is 1.66. The molecule has 0 unspecified atom stereocenters. The van der Waals surface area contributed by atoms with Crippen LogP contribution in [0.2, 0.25) is 0 Å². The lowest BCUT2D eigenvalue weighted by Gasteiger charge is -2.18. The van der Waals surface area contributed by atoms with Gasteiger partial charge in [-0.25, -0.2) is 18.7 Å². The first kappa shape index (κ1) is 18.4. The standard InChI is InChI=1S/C20H18F2N4O/c1-13-10-18(19(27)24-17-9-8-15(21)11-16(17)22)25-20(23-13)26(2)12-14-6-4-3-5-7-14/h3-11H,12H2,1-2H3,(H,24,27). The highest BCUT2D eigenvalue weighted by Gasteiger charge is 2.15. The predicted octanol–water partition coefficient (Wildman–Crippen LogP) is 3.95. The number of nitrogens with zero attached hydrogens (tertiary/aromatic N) is 3. The largest absolute Gasteiger partial charge is 0.340 e. The van der Waals surface area contributed by atoms with E-state index < -0.39 is 17.5 Å². The molecule has 1 amide bonds. The van der Waals surface area contributed by atoms with Gasteiger partial charge in [-0.1, -0.05) is 30.3 Å². The van der Waals surface area contributed by atoms with Crippen LogP contribution in [0.15, 0.2) is 54.6 Å². The Kier molecular flexibility index (Phi) is 5.40. The van der Waals surface area contributed by atoms with E-state index in [1.165, 1.54) is 12.1 Å². The lowest BCUT2D eigenvalue weighted by atomic mass is 10.2. The summed E-state index contributed by atoms with van der Waals surface area (Å²) in [6.07, 6.45) is 0. The maximum atomic E-state index is 13.8. The number of benzene rings is 2. The van der Waals surface area contributed by atoms with Crippen LogP contribution in [0.4, 0.5) is 20.4 Å². The lowest BCUT2D eigenvalue weighted by molar-refractivity contribution is 0.102. The molecule has 27 heavy (non-hydrogen) atoms. The Morgan fingerprint density at radius 3 is 2.52 bits per heavy atom. The van der Waals surface area contributed by atoms with Crippen LogP contribution in [0.1, 0.15) is 21.7 Å². The summed E-state index contributed by atoms with van der Waals surface area (Å²) in [5.74, 6) is -1.78. The monoisotopic (exact) mass is 368 g/mol. The third-order valence-corrected chi connectivity index (χ3v) is 3.86. The zero-order valence-corrected chi connectivity index (χ0v) is 14.9. The van der Waals surface area contributed by atoms with Gasteiger partial charge < -0.3 is 10.2 Å². The van der Waals surface area contributed by atoms with E-state index in [4.69, 9.17) is 0 Å². The van der Waals surface area contributed by atoms with E-state index in [2.05, 4.69) is 15.3 Å². The molecule has 0 aliphatic heterocycles. The number of aryl methyl sites for hydroxylation is 1. The van der Waals surface area contributed by atoms with Gasteiger partial charge in [0.25, 0.3) is 5.91 Å². The van der Waals surface area contributed by atoms with Crippen LogP contribution in [0.5, 0.6) is 0 Å². The molecule has 1 N–H and O–H groups in total. The van der Waals surface area contributed by atoms with Gasteiger partial charge in [-0.05, 0) is 30.7 Å².